The number of para-hydroxylation sites is 2. The summed E-state index contributed by atoms with van der Waals surface area (Å²) in [6.07, 6.45) is 3.35. The molecule has 1 saturated heterocycles. The van der Waals surface area contributed by atoms with E-state index in [0.717, 1.165) is 73.0 Å². The fourth-order valence-electron chi connectivity index (χ4n) is 5.76. The Bertz CT molecular complexity index is 1490. The van der Waals surface area contributed by atoms with Gasteiger partial charge in [0, 0.05) is 37.2 Å². The van der Waals surface area contributed by atoms with Crippen molar-refractivity contribution in [1.82, 2.24) is 14.5 Å². The van der Waals surface area contributed by atoms with Crippen LogP contribution < -0.4 is 4.90 Å². The van der Waals surface area contributed by atoms with Crippen molar-refractivity contribution < 1.29 is 0 Å². The van der Waals surface area contributed by atoms with Crippen molar-refractivity contribution >= 4 is 28.6 Å². The highest BCUT2D eigenvalue weighted by molar-refractivity contribution is 6.31. The van der Waals surface area contributed by atoms with Crippen LogP contribution in [0.2, 0.25) is 5.02 Å². The van der Waals surface area contributed by atoms with Gasteiger partial charge in [-0.15, -0.1) is 0 Å². The molecule has 4 aromatic carbocycles. The third-order valence-corrected chi connectivity index (χ3v) is 8.30. The quantitative estimate of drug-likeness (QED) is 0.196. The molecule has 0 amide bonds. The Morgan fingerprint density at radius 2 is 1.38 bits per heavy atom. The molecule has 1 fully saturated rings. The Hall–Kier alpha value is -3.60. The van der Waals surface area contributed by atoms with Gasteiger partial charge >= 0.3 is 0 Å². The first-order valence-corrected chi connectivity index (χ1v) is 14.4. The maximum Gasteiger partial charge on any atom is 0.207 e. The summed E-state index contributed by atoms with van der Waals surface area (Å²) in [6.45, 7) is 4.85. The Morgan fingerprint density at radius 3 is 2.13 bits per heavy atom. The average molecular weight is 535 g/mol. The van der Waals surface area contributed by atoms with Gasteiger partial charge in [0.15, 0.2) is 0 Å². The minimum absolute atomic E-state index is 0.417. The van der Waals surface area contributed by atoms with Crippen LogP contribution in [0, 0.1) is 0 Å². The Kier molecular flexibility index (Phi) is 7.94. The average Bonchev–Trinajstić information content (AvgIpc) is 3.35. The van der Waals surface area contributed by atoms with E-state index in [1.807, 2.05) is 12.1 Å². The van der Waals surface area contributed by atoms with Crippen molar-refractivity contribution in [1.29, 1.82) is 0 Å². The van der Waals surface area contributed by atoms with E-state index in [1.54, 1.807) is 0 Å². The van der Waals surface area contributed by atoms with Gasteiger partial charge in [-0.05, 0) is 54.2 Å². The fraction of sp³-hybridized carbons (Fsp3) is 0.265. The highest BCUT2D eigenvalue weighted by atomic mass is 35.5. The first-order chi connectivity index (χ1) is 19.2. The second-order valence-corrected chi connectivity index (χ2v) is 10.9. The number of hydrogen-bond donors (Lipinski definition) is 0. The molecule has 5 aromatic rings. The smallest absolute Gasteiger partial charge is 0.207 e. The van der Waals surface area contributed by atoms with Gasteiger partial charge in [-0.25, -0.2) is 4.98 Å². The first kappa shape index (κ1) is 25.7. The molecule has 4 nitrogen and oxygen atoms in total. The normalized spacial score (nSPS) is 14.6. The molecular weight excluding hydrogens is 500 g/mol. The standard InChI is InChI=1S/C34H35ClN4/c35-31-16-8-7-15-29(31)26-39-33-18-10-9-17-32(33)36-34(39)38(25-28-13-5-2-6-14-28)30-20-23-37(24-21-30)22-19-27-11-3-1-4-12-27/h1-18,30H,19-26H2. The third kappa shape index (κ3) is 6.03. The van der Waals surface area contributed by atoms with Gasteiger partial charge in [0.2, 0.25) is 5.95 Å². The Balaban J connectivity index is 1.29. The fourth-order valence-corrected chi connectivity index (χ4v) is 5.96. The summed E-state index contributed by atoms with van der Waals surface area (Å²) >= 11 is 6.64. The minimum atomic E-state index is 0.417. The first-order valence-electron chi connectivity index (χ1n) is 14.0. The second kappa shape index (κ2) is 12.1. The number of rotatable bonds is 9. The molecular formula is C34H35ClN4. The predicted octanol–water partition coefficient (Wildman–Crippen LogP) is 7.45. The number of hydrogen-bond acceptors (Lipinski definition) is 3. The molecule has 0 spiro atoms. The SMILES string of the molecule is Clc1ccccc1Cn1c(N(Cc2ccccc2)C2CCN(CCc3ccccc3)CC2)nc2ccccc21. The Labute approximate surface area is 236 Å². The van der Waals surface area contributed by atoms with Crippen LogP contribution in [0.4, 0.5) is 5.95 Å². The maximum absolute atomic E-state index is 6.64. The molecule has 0 N–H and O–H groups in total. The number of imidazole rings is 1. The summed E-state index contributed by atoms with van der Waals surface area (Å²) in [4.78, 5) is 10.4. The van der Waals surface area contributed by atoms with E-state index in [-0.39, 0.29) is 0 Å². The summed E-state index contributed by atoms with van der Waals surface area (Å²) in [5.41, 5.74) is 6.00. The highest BCUT2D eigenvalue weighted by Crippen LogP contribution is 2.31. The lowest BCUT2D eigenvalue weighted by molar-refractivity contribution is 0.209. The molecule has 0 unspecified atom stereocenters. The van der Waals surface area contributed by atoms with Gasteiger partial charge in [0.1, 0.15) is 0 Å². The zero-order valence-electron chi connectivity index (χ0n) is 22.3. The molecule has 6 rings (SSSR count). The van der Waals surface area contributed by atoms with Crippen molar-refractivity contribution in [2.45, 2.75) is 38.4 Å². The van der Waals surface area contributed by atoms with Crippen LogP contribution >= 0.6 is 11.6 Å². The number of piperidine rings is 1. The van der Waals surface area contributed by atoms with Crippen LogP contribution in [0.15, 0.2) is 109 Å². The lowest BCUT2D eigenvalue weighted by Crippen LogP contribution is -2.46. The number of anilines is 1. The van der Waals surface area contributed by atoms with Crippen LogP contribution in [0.1, 0.15) is 29.5 Å². The maximum atomic E-state index is 6.64. The number of fused-ring (bicyclic) bond motifs is 1. The lowest BCUT2D eigenvalue weighted by Gasteiger charge is -2.39. The lowest BCUT2D eigenvalue weighted by atomic mass is 10.0. The van der Waals surface area contributed by atoms with Gasteiger partial charge in [0.05, 0.1) is 17.6 Å². The topological polar surface area (TPSA) is 24.3 Å². The minimum Gasteiger partial charge on any atom is -0.335 e. The molecule has 0 bridgehead atoms. The summed E-state index contributed by atoms with van der Waals surface area (Å²) < 4.78 is 2.36. The molecule has 1 aliphatic rings. The van der Waals surface area contributed by atoms with E-state index in [0.29, 0.717) is 12.6 Å². The van der Waals surface area contributed by atoms with Crippen LogP contribution in [-0.2, 0) is 19.5 Å². The van der Waals surface area contributed by atoms with E-state index in [9.17, 15) is 0 Å². The van der Waals surface area contributed by atoms with Crippen LogP contribution in [-0.4, -0.2) is 40.1 Å². The largest absolute Gasteiger partial charge is 0.335 e. The zero-order valence-corrected chi connectivity index (χ0v) is 23.0. The monoisotopic (exact) mass is 534 g/mol. The van der Waals surface area contributed by atoms with Gasteiger partial charge < -0.3 is 14.4 Å². The van der Waals surface area contributed by atoms with Gasteiger partial charge in [-0.2, -0.15) is 0 Å². The van der Waals surface area contributed by atoms with Gasteiger partial charge in [0.25, 0.3) is 0 Å². The molecule has 0 radical (unpaired) electrons. The van der Waals surface area contributed by atoms with Gasteiger partial charge in [-0.3, -0.25) is 0 Å². The van der Waals surface area contributed by atoms with E-state index in [2.05, 4.69) is 111 Å². The van der Waals surface area contributed by atoms with E-state index in [1.165, 1.54) is 11.1 Å². The Morgan fingerprint density at radius 1 is 0.744 bits per heavy atom. The van der Waals surface area contributed by atoms with Crippen molar-refractivity contribution in [3.8, 4) is 0 Å². The number of benzene rings is 4. The zero-order chi connectivity index (χ0) is 26.4. The van der Waals surface area contributed by atoms with Crippen molar-refractivity contribution in [3.63, 3.8) is 0 Å². The summed E-state index contributed by atoms with van der Waals surface area (Å²) in [7, 11) is 0. The van der Waals surface area contributed by atoms with E-state index >= 15 is 0 Å². The molecule has 39 heavy (non-hydrogen) atoms. The third-order valence-electron chi connectivity index (χ3n) is 7.93. The van der Waals surface area contributed by atoms with E-state index in [4.69, 9.17) is 16.6 Å². The molecule has 0 saturated carbocycles. The molecule has 2 heterocycles. The van der Waals surface area contributed by atoms with Crippen LogP contribution in [0.3, 0.4) is 0 Å². The van der Waals surface area contributed by atoms with Crippen molar-refractivity contribution in [3.05, 3.63) is 131 Å². The summed E-state index contributed by atoms with van der Waals surface area (Å²) in [5.74, 6) is 1.03. The molecule has 1 aliphatic heterocycles. The van der Waals surface area contributed by atoms with Crippen LogP contribution in [0.25, 0.3) is 11.0 Å². The molecule has 0 aliphatic carbocycles. The molecule has 198 valence electrons. The molecule has 5 heteroatoms. The number of likely N-dealkylation sites (tertiary alicyclic amines) is 1. The molecule has 1 aromatic heterocycles. The number of aromatic nitrogens is 2. The number of halogens is 1. The number of nitrogens with zero attached hydrogens (tertiary/aromatic N) is 4. The summed E-state index contributed by atoms with van der Waals surface area (Å²) in [6, 6.07) is 38.7. The second-order valence-electron chi connectivity index (χ2n) is 10.5. The van der Waals surface area contributed by atoms with E-state index < -0.39 is 0 Å². The van der Waals surface area contributed by atoms with Crippen LogP contribution in [0.5, 0.6) is 0 Å². The molecule has 0 atom stereocenters. The van der Waals surface area contributed by atoms with Crippen molar-refractivity contribution in [2.24, 2.45) is 0 Å². The predicted molar refractivity (Wildman–Crippen MR) is 163 cm³/mol. The van der Waals surface area contributed by atoms with Gasteiger partial charge in [-0.1, -0.05) is 103 Å². The highest BCUT2D eigenvalue weighted by Gasteiger charge is 2.29. The van der Waals surface area contributed by atoms with Crippen molar-refractivity contribution in [2.75, 3.05) is 24.5 Å². The summed E-state index contributed by atoms with van der Waals surface area (Å²) in [5, 5.41) is 0.794.